The number of hydrogen-bond donors (Lipinski definition) is 0. The van der Waals surface area contributed by atoms with E-state index in [9.17, 15) is 4.79 Å². The fourth-order valence-electron chi connectivity index (χ4n) is 1.27. The topological polar surface area (TPSA) is 17.1 Å². The van der Waals surface area contributed by atoms with Crippen LogP contribution in [0.4, 0.5) is 0 Å². The molecule has 1 nitrogen and oxygen atoms in total. The Morgan fingerprint density at radius 2 is 2.08 bits per heavy atom. The summed E-state index contributed by atoms with van der Waals surface area (Å²) in [5.41, 5.74) is 2.38. The summed E-state index contributed by atoms with van der Waals surface area (Å²) < 4.78 is 0. The molecule has 1 aromatic rings. The van der Waals surface area contributed by atoms with E-state index in [0.29, 0.717) is 6.42 Å². The van der Waals surface area contributed by atoms with E-state index in [1.165, 1.54) is 5.56 Å². The summed E-state index contributed by atoms with van der Waals surface area (Å²) >= 11 is 0. The monoisotopic (exact) mass is 161 g/mol. The molecular weight excluding hydrogens is 148 g/mol. The zero-order valence-electron chi connectivity index (χ0n) is 7.34. The third kappa shape index (κ3) is 2.50. The van der Waals surface area contributed by atoms with Gasteiger partial charge >= 0.3 is 0 Å². The van der Waals surface area contributed by atoms with Crippen molar-refractivity contribution in [1.29, 1.82) is 0 Å². The Hall–Kier alpha value is -1.11. The number of aryl methyl sites for hydroxylation is 1. The minimum absolute atomic E-state index is 0.414. The standard InChI is InChI=1S/C11H13O/c1-2-4-10-5-3-6-11(9-10)7-8-12/h3,5-6,9H,2,4,7H2,1H3. The van der Waals surface area contributed by atoms with E-state index in [2.05, 4.69) is 19.1 Å². The van der Waals surface area contributed by atoms with Crippen molar-refractivity contribution in [3.63, 3.8) is 0 Å². The Bertz CT molecular complexity index is 253. The SMILES string of the molecule is CCCc1cccc(C[C]=O)c1. The highest BCUT2D eigenvalue weighted by atomic mass is 16.1. The second-order valence-electron chi connectivity index (χ2n) is 2.89. The lowest BCUT2D eigenvalue weighted by atomic mass is 10.1. The zero-order chi connectivity index (χ0) is 8.81. The molecule has 63 valence electrons. The zero-order valence-corrected chi connectivity index (χ0v) is 7.34. The Morgan fingerprint density at radius 1 is 1.33 bits per heavy atom. The summed E-state index contributed by atoms with van der Waals surface area (Å²) in [6, 6.07) is 8.13. The van der Waals surface area contributed by atoms with E-state index in [1.807, 2.05) is 18.4 Å². The maximum atomic E-state index is 10.1. The van der Waals surface area contributed by atoms with Crippen molar-refractivity contribution in [3.05, 3.63) is 35.4 Å². The molecule has 0 atom stereocenters. The molecule has 0 bridgehead atoms. The predicted octanol–water partition coefficient (Wildman–Crippen LogP) is 2.29. The average molecular weight is 161 g/mol. The molecule has 12 heavy (non-hydrogen) atoms. The summed E-state index contributed by atoms with van der Waals surface area (Å²) in [6.07, 6.45) is 4.55. The van der Waals surface area contributed by atoms with E-state index in [4.69, 9.17) is 0 Å². The Kier molecular flexibility index (Phi) is 3.52. The molecule has 0 saturated carbocycles. The molecule has 0 amide bonds. The smallest absolute Gasteiger partial charge is 0.203 e. The van der Waals surface area contributed by atoms with Crippen LogP contribution in [0.3, 0.4) is 0 Å². The van der Waals surface area contributed by atoms with Crippen LogP contribution in [-0.2, 0) is 17.6 Å². The fourth-order valence-corrected chi connectivity index (χ4v) is 1.27. The number of carbonyl (C=O) groups excluding carboxylic acids is 1. The predicted molar refractivity (Wildman–Crippen MR) is 49.8 cm³/mol. The first-order chi connectivity index (χ1) is 5.86. The van der Waals surface area contributed by atoms with Gasteiger partial charge in [0, 0.05) is 6.42 Å². The first-order valence-corrected chi connectivity index (χ1v) is 4.29. The summed E-state index contributed by atoms with van der Waals surface area (Å²) in [5.74, 6) is 0. The number of rotatable bonds is 4. The molecule has 0 spiro atoms. The molecule has 1 rings (SSSR count). The Labute approximate surface area is 73.4 Å². The Morgan fingerprint density at radius 3 is 2.75 bits per heavy atom. The molecule has 0 saturated heterocycles. The van der Waals surface area contributed by atoms with Gasteiger partial charge in [0.2, 0.25) is 6.29 Å². The lowest BCUT2D eigenvalue weighted by Gasteiger charge is -1.99. The van der Waals surface area contributed by atoms with Gasteiger partial charge in [-0.3, -0.25) is 4.79 Å². The van der Waals surface area contributed by atoms with Crippen LogP contribution in [0.1, 0.15) is 24.5 Å². The van der Waals surface area contributed by atoms with Crippen LogP contribution in [0, 0.1) is 0 Å². The van der Waals surface area contributed by atoms with Gasteiger partial charge in [0.15, 0.2) is 0 Å². The van der Waals surface area contributed by atoms with Crippen molar-refractivity contribution in [2.45, 2.75) is 26.2 Å². The van der Waals surface area contributed by atoms with Crippen LogP contribution in [0.5, 0.6) is 0 Å². The molecule has 1 radical (unpaired) electrons. The highest BCUT2D eigenvalue weighted by molar-refractivity contribution is 5.55. The molecule has 1 aromatic carbocycles. The molecule has 1 heteroatoms. The number of hydrogen-bond acceptors (Lipinski definition) is 1. The maximum absolute atomic E-state index is 10.1. The Balaban J connectivity index is 2.73. The fraction of sp³-hybridized carbons (Fsp3) is 0.364. The van der Waals surface area contributed by atoms with Gasteiger partial charge in [-0.05, 0) is 17.5 Å². The molecule has 0 N–H and O–H groups in total. The lowest BCUT2D eigenvalue weighted by Crippen LogP contribution is -1.88. The quantitative estimate of drug-likeness (QED) is 0.662. The molecule has 0 aliphatic carbocycles. The van der Waals surface area contributed by atoms with Crippen molar-refractivity contribution in [3.8, 4) is 0 Å². The summed E-state index contributed by atoms with van der Waals surface area (Å²) in [7, 11) is 0. The van der Waals surface area contributed by atoms with Crippen LogP contribution in [-0.4, -0.2) is 6.29 Å². The van der Waals surface area contributed by atoms with E-state index < -0.39 is 0 Å². The van der Waals surface area contributed by atoms with Gasteiger partial charge < -0.3 is 0 Å². The molecular formula is C11H13O. The van der Waals surface area contributed by atoms with E-state index >= 15 is 0 Å². The summed E-state index contributed by atoms with van der Waals surface area (Å²) in [4.78, 5) is 10.1. The maximum Gasteiger partial charge on any atom is 0.203 e. The third-order valence-corrected chi connectivity index (χ3v) is 1.81. The molecule has 0 aliphatic heterocycles. The highest BCUT2D eigenvalue weighted by Gasteiger charge is 1.94. The van der Waals surface area contributed by atoms with Crippen molar-refractivity contribution in [2.75, 3.05) is 0 Å². The number of benzene rings is 1. The van der Waals surface area contributed by atoms with E-state index in [-0.39, 0.29) is 0 Å². The van der Waals surface area contributed by atoms with E-state index in [0.717, 1.165) is 18.4 Å². The highest BCUT2D eigenvalue weighted by Crippen LogP contribution is 2.07. The summed E-state index contributed by atoms with van der Waals surface area (Å²) in [6.45, 7) is 2.15. The van der Waals surface area contributed by atoms with Gasteiger partial charge in [-0.2, -0.15) is 0 Å². The molecule has 0 aromatic heterocycles. The second kappa shape index (κ2) is 4.70. The van der Waals surface area contributed by atoms with Gasteiger partial charge in [-0.25, -0.2) is 0 Å². The molecule has 0 aliphatic rings. The van der Waals surface area contributed by atoms with Crippen LogP contribution in [0.25, 0.3) is 0 Å². The molecule has 0 heterocycles. The molecule has 0 unspecified atom stereocenters. The largest absolute Gasteiger partial charge is 0.291 e. The van der Waals surface area contributed by atoms with Crippen molar-refractivity contribution >= 4 is 6.29 Å². The van der Waals surface area contributed by atoms with Gasteiger partial charge in [0.1, 0.15) is 0 Å². The van der Waals surface area contributed by atoms with Crippen molar-refractivity contribution < 1.29 is 4.79 Å². The van der Waals surface area contributed by atoms with Crippen LogP contribution in [0.15, 0.2) is 24.3 Å². The van der Waals surface area contributed by atoms with Crippen LogP contribution < -0.4 is 0 Å². The van der Waals surface area contributed by atoms with Crippen molar-refractivity contribution in [1.82, 2.24) is 0 Å². The van der Waals surface area contributed by atoms with Gasteiger partial charge in [0.25, 0.3) is 0 Å². The average Bonchev–Trinajstić information content (AvgIpc) is 2.06. The second-order valence-corrected chi connectivity index (χ2v) is 2.89. The first-order valence-electron chi connectivity index (χ1n) is 4.29. The minimum atomic E-state index is 0.414. The van der Waals surface area contributed by atoms with Gasteiger partial charge in [-0.15, -0.1) is 0 Å². The normalized spacial score (nSPS) is 9.75. The van der Waals surface area contributed by atoms with Crippen LogP contribution in [0.2, 0.25) is 0 Å². The third-order valence-electron chi connectivity index (χ3n) is 1.81. The van der Waals surface area contributed by atoms with Gasteiger partial charge in [-0.1, -0.05) is 37.6 Å². The lowest BCUT2D eigenvalue weighted by molar-refractivity contribution is 0.555. The molecule has 0 fully saturated rings. The summed E-state index contributed by atoms with van der Waals surface area (Å²) in [5, 5.41) is 0. The first kappa shape index (κ1) is 8.98. The van der Waals surface area contributed by atoms with Gasteiger partial charge in [0.05, 0.1) is 0 Å². The van der Waals surface area contributed by atoms with Crippen LogP contribution >= 0.6 is 0 Å². The van der Waals surface area contributed by atoms with Crippen molar-refractivity contribution in [2.24, 2.45) is 0 Å². The van der Waals surface area contributed by atoms with E-state index in [1.54, 1.807) is 0 Å². The minimum Gasteiger partial charge on any atom is -0.291 e.